The first-order valence-electron chi connectivity index (χ1n) is 9.34. The number of rotatable bonds is 5. The molecule has 3 rings (SSSR count). The second kappa shape index (κ2) is 8.62. The summed E-state index contributed by atoms with van der Waals surface area (Å²) in [5, 5.41) is 11.1. The highest BCUT2D eigenvalue weighted by atomic mass is 35.5. The fourth-order valence-electron chi connectivity index (χ4n) is 3.43. The van der Waals surface area contributed by atoms with Gasteiger partial charge in [0.2, 0.25) is 0 Å². The number of carboxylic acid groups (broad SMARTS) is 1. The molecule has 1 aromatic heterocycles. The Morgan fingerprint density at radius 2 is 1.76 bits per heavy atom. The second-order valence-electron chi connectivity index (χ2n) is 7.04. The minimum atomic E-state index is -5.09. The number of nitrogens with zero attached hydrogens (tertiary/aromatic N) is 1. The van der Waals surface area contributed by atoms with Gasteiger partial charge in [-0.3, -0.25) is 4.79 Å². The second-order valence-corrected chi connectivity index (χ2v) is 7.45. The van der Waals surface area contributed by atoms with E-state index in [1.54, 1.807) is 12.2 Å². The first-order valence-corrected chi connectivity index (χ1v) is 9.72. The molecule has 3 aromatic rings. The summed E-state index contributed by atoms with van der Waals surface area (Å²) in [5.41, 5.74) is -2.28. The van der Waals surface area contributed by atoms with Gasteiger partial charge in [0.25, 0.3) is 5.91 Å². The van der Waals surface area contributed by atoms with Crippen LogP contribution >= 0.6 is 11.6 Å². The molecule has 1 heterocycles. The van der Waals surface area contributed by atoms with E-state index < -0.39 is 41.4 Å². The predicted octanol–water partition coefficient (Wildman–Crippen LogP) is 6.07. The van der Waals surface area contributed by atoms with Crippen LogP contribution in [-0.4, -0.2) is 27.7 Å². The lowest BCUT2D eigenvalue weighted by atomic mass is 10.0. The Morgan fingerprint density at radius 3 is 2.30 bits per heavy atom. The number of carbonyl (C=O) groups is 2. The minimum absolute atomic E-state index is 0.120. The van der Waals surface area contributed by atoms with E-state index in [4.69, 9.17) is 11.6 Å². The van der Waals surface area contributed by atoms with Crippen LogP contribution in [-0.2, 0) is 12.7 Å². The zero-order valence-electron chi connectivity index (χ0n) is 16.7. The summed E-state index contributed by atoms with van der Waals surface area (Å²) in [5.74, 6) is -2.54. The van der Waals surface area contributed by atoms with Crippen LogP contribution in [0.1, 0.15) is 44.9 Å². The van der Waals surface area contributed by atoms with E-state index in [0.29, 0.717) is 17.6 Å². The van der Waals surface area contributed by atoms with E-state index in [1.807, 2.05) is 0 Å². The molecule has 0 saturated heterocycles. The fourth-order valence-corrected chi connectivity index (χ4v) is 3.67. The third kappa shape index (κ3) is 4.92. The topological polar surface area (TPSA) is 71.3 Å². The molecule has 1 atom stereocenters. The van der Waals surface area contributed by atoms with E-state index >= 15 is 0 Å². The third-order valence-electron chi connectivity index (χ3n) is 4.92. The molecule has 33 heavy (non-hydrogen) atoms. The molecule has 0 aliphatic carbocycles. The molecule has 0 radical (unpaired) electrons. The summed E-state index contributed by atoms with van der Waals surface area (Å²) in [6.07, 6.45) is -9.96. The van der Waals surface area contributed by atoms with Crippen LogP contribution in [0.15, 0.2) is 42.5 Å². The number of aromatic carboxylic acids is 1. The van der Waals surface area contributed by atoms with E-state index in [2.05, 4.69) is 0 Å². The Balaban J connectivity index is 2.05. The number of aromatic nitrogens is 1. The van der Waals surface area contributed by atoms with E-state index in [9.17, 15) is 41.0 Å². The Bertz CT molecular complexity index is 1230. The molecule has 0 bridgehead atoms. The van der Waals surface area contributed by atoms with Crippen molar-refractivity contribution in [3.05, 3.63) is 69.9 Å². The third-order valence-corrected chi connectivity index (χ3v) is 5.23. The number of alkyl halides is 6. The molecule has 1 unspecified atom stereocenters. The van der Waals surface area contributed by atoms with Crippen LogP contribution < -0.4 is 5.32 Å². The number of benzene rings is 2. The lowest BCUT2D eigenvalue weighted by Crippen LogP contribution is -2.39. The smallest absolute Gasteiger partial charge is 0.416 e. The number of carboxylic acids is 1. The quantitative estimate of drug-likeness (QED) is 0.425. The summed E-state index contributed by atoms with van der Waals surface area (Å²) >= 11 is 5.96. The highest BCUT2D eigenvalue weighted by Gasteiger charge is 2.43. The van der Waals surface area contributed by atoms with Gasteiger partial charge >= 0.3 is 18.3 Å². The lowest BCUT2D eigenvalue weighted by molar-refractivity contribution is -0.156. The van der Waals surface area contributed by atoms with Crippen LogP contribution in [0.2, 0.25) is 5.02 Å². The van der Waals surface area contributed by atoms with Gasteiger partial charge in [0.1, 0.15) is 5.69 Å². The average Bonchev–Trinajstić information content (AvgIpc) is 3.07. The number of nitrogens with one attached hydrogen (secondary N) is 1. The van der Waals surface area contributed by atoms with E-state index in [0.717, 1.165) is 12.1 Å². The standard InChI is InChI=1S/C21H15ClF6N2O3/c1-2-30-15-9-14(22)13(19(32)33)7-11(15)8-16(30)18(31)29-17(21(26,27)28)10-4-3-5-12(6-10)20(23,24)25/h3-9,17H,2H2,1H3,(H,29,31)(H,32,33). The zero-order valence-corrected chi connectivity index (χ0v) is 17.4. The molecule has 0 aliphatic rings. The summed E-state index contributed by atoms with van der Waals surface area (Å²) < 4.78 is 81.3. The molecular weight excluding hydrogens is 478 g/mol. The van der Waals surface area contributed by atoms with Crippen LogP contribution in [0, 0.1) is 0 Å². The van der Waals surface area contributed by atoms with Gasteiger partial charge in [0, 0.05) is 11.9 Å². The number of aryl methyl sites for hydroxylation is 1. The number of fused-ring (bicyclic) bond motifs is 1. The monoisotopic (exact) mass is 492 g/mol. The summed E-state index contributed by atoms with van der Waals surface area (Å²) in [6, 6.07) is 3.53. The normalized spacial score (nSPS) is 13.2. The van der Waals surface area contributed by atoms with E-state index in [1.165, 1.54) is 22.8 Å². The molecular formula is C21H15ClF6N2O3. The van der Waals surface area contributed by atoms with Crippen LogP contribution in [0.3, 0.4) is 0 Å². The van der Waals surface area contributed by atoms with Crippen LogP contribution in [0.5, 0.6) is 0 Å². The van der Waals surface area contributed by atoms with Gasteiger partial charge in [0.15, 0.2) is 6.04 Å². The van der Waals surface area contributed by atoms with Crippen molar-refractivity contribution < 1.29 is 41.0 Å². The maximum atomic E-state index is 13.7. The molecule has 1 amide bonds. The number of hydrogen-bond acceptors (Lipinski definition) is 2. The first-order chi connectivity index (χ1) is 15.2. The number of amides is 1. The zero-order chi connectivity index (χ0) is 24.7. The average molecular weight is 493 g/mol. The number of halogens is 7. The lowest BCUT2D eigenvalue weighted by Gasteiger charge is -2.23. The summed E-state index contributed by atoms with van der Waals surface area (Å²) in [7, 11) is 0. The molecule has 5 nitrogen and oxygen atoms in total. The maximum absolute atomic E-state index is 13.7. The van der Waals surface area contributed by atoms with Gasteiger partial charge in [-0.15, -0.1) is 0 Å². The summed E-state index contributed by atoms with van der Waals surface area (Å²) in [6.45, 7) is 1.72. The molecule has 0 aliphatic heterocycles. The Hall–Kier alpha value is -3.21. The Labute approximate surface area is 187 Å². The summed E-state index contributed by atoms with van der Waals surface area (Å²) in [4.78, 5) is 24.1. The van der Waals surface area contributed by atoms with Gasteiger partial charge in [-0.1, -0.05) is 23.7 Å². The molecule has 12 heteroatoms. The van der Waals surface area contributed by atoms with Crippen LogP contribution in [0.25, 0.3) is 10.9 Å². The first kappa shape index (κ1) is 24.4. The molecule has 0 spiro atoms. The highest BCUT2D eigenvalue weighted by molar-refractivity contribution is 6.34. The van der Waals surface area contributed by atoms with Gasteiger partial charge < -0.3 is 15.0 Å². The highest BCUT2D eigenvalue weighted by Crippen LogP contribution is 2.37. The fraction of sp³-hybridized carbons (Fsp3) is 0.238. The molecule has 0 saturated carbocycles. The molecule has 176 valence electrons. The largest absolute Gasteiger partial charge is 0.478 e. The van der Waals surface area contributed by atoms with Gasteiger partial charge in [-0.2, -0.15) is 26.3 Å². The Morgan fingerprint density at radius 1 is 1.09 bits per heavy atom. The van der Waals surface area contributed by atoms with Crippen molar-refractivity contribution in [2.45, 2.75) is 31.9 Å². The van der Waals surface area contributed by atoms with Crippen LogP contribution in [0.4, 0.5) is 26.3 Å². The van der Waals surface area contributed by atoms with Crippen molar-refractivity contribution in [1.29, 1.82) is 0 Å². The molecule has 0 fully saturated rings. The number of carbonyl (C=O) groups excluding carboxylic acids is 1. The minimum Gasteiger partial charge on any atom is -0.478 e. The van der Waals surface area contributed by atoms with Gasteiger partial charge in [-0.05, 0) is 42.8 Å². The maximum Gasteiger partial charge on any atom is 0.416 e. The van der Waals surface area contributed by atoms with Crippen molar-refractivity contribution in [2.24, 2.45) is 0 Å². The van der Waals surface area contributed by atoms with E-state index in [-0.39, 0.29) is 28.2 Å². The predicted molar refractivity (Wildman–Crippen MR) is 107 cm³/mol. The molecule has 2 N–H and O–H groups in total. The van der Waals surface area contributed by atoms with Crippen molar-refractivity contribution in [3.8, 4) is 0 Å². The van der Waals surface area contributed by atoms with Crippen molar-refractivity contribution >= 4 is 34.4 Å². The van der Waals surface area contributed by atoms with Gasteiger partial charge in [-0.25, -0.2) is 4.79 Å². The number of hydrogen-bond donors (Lipinski definition) is 2. The van der Waals surface area contributed by atoms with Gasteiger partial charge in [0.05, 0.1) is 21.7 Å². The Kier molecular flexibility index (Phi) is 6.38. The molecule has 2 aromatic carbocycles. The van der Waals surface area contributed by atoms with Crippen molar-refractivity contribution in [2.75, 3.05) is 0 Å². The van der Waals surface area contributed by atoms with Crippen molar-refractivity contribution in [3.63, 3.8) is 0 Å². The van der Waals surface area contributed by atoms with Crippen molar-refractivity contribution in [1.82, 2.24) is 9.88 Å². The SMILES string of the molecule is CCn1c(C(=O)NC(c2cccc(C(F)(F)F)c2)C(F)(F)F)cc2cc(C(=O)O)c(Cl)cc21.